The van der Waals surface area contributed by atoms with Crippen molar-refractivity contribution >= 4 is 28.3 Å². The minimum absolute atomic E-state index is 0.0315. The Balaban J connectivity index is 1.43. The van der Waals surface area contributed by atoms with E-state index in [-0.39, 0.29) is 5.91 Å². The predicted molar refractivity (Wildman–Crippen MR) is 95.0 cm³/mol. The summed E-state index contributed by atoms with van der Waals surface area (Å²) in [6, 6.07) is 0.500. The van der Waals surface area contributed by atoms with Crippen molar-refractivity contribution in [3.63, 3.8) is 0 Å². The van der Waals surface area contributed by atoms with Gasteiger partial charge in [0.25, 0.3) is 0 Å². The van der Waals surface area contributed by atoms with E-state index in [1.807, 2.05) is 10.3 Å². The smallest absolute Gasteiger partial charge is 0.227 e. The average molecular weight is 350 g/mol. The van der Waals surface area contributed by atoms with E-state index in [2.05, 4.69) is 15.2 Å². The molecule has 0 bridgehead atoms. The molecule has 1 aromatic rings. The Morgan fingerprint density at radius 2 is 2.21 bits per heavy atom. The Bertz CT molecular complexity index is 549. The maximum absolute atomic E-state index is 12.0. The molecule has 0 spiro atoms. The van der Waals surface area contributed by atoms with Gasteiger partial charge in [0.15, 0.2) is 5.13 Å². The highest BCUT2D eigenvalue weighted by Crippen LogP contribution is 2.21. The van der Waals surface area contributed by atoms with Gasteiger partial charge in [0, 0.05) is 50.1 Å². The fourth-order valence-electron chi connectivity index (χ4n) is 3.64. The summed E-state index contributed by atoms with van der Waals surface area (Å²) in [6.45, 7) is 3.63. The lowest BCUT2D eigenvalue weighted by Gasteiger charge is -2.36. The summed E-state index contributed by atoms with van der Waals surface area (Å²) in [4.78, 5) is 32.3. The second-order valence-corrected chi connectivity index (χ2v) is 7.49. The van der Waals surface area contributed by atoms with Gasteiger partial charge in [-0.15, -0.1) is 11.3 Å². The number of nitrogens with one attached hydrogen (secondary N) is 1. The summed E-state index contributed by atoms with van der Waals surface area (Å²) in [7, 11) is 0. The van der Waals surface area contributed by atoms with Gasteiger partial charge in [-0.05, 0) is 32.2 Å². The van der Waals surface area contributed by atoms with Crippen molar-refractivity contribution in [1.29, 1.82) is 0 Å². The molecule has 7 heteroatoms. The molecule has 2 fully saturated rings. The number of aromatic nitrogens is 1. The number of rotatable bonds is 7. The number of hydrogen-bond donors (Lipinski definition) is 1. The summed E-state index contributed by atoms with van der Waals surface area (Å²) in [5.74, 6) is 0.337. The fraction of sp³-hybridized carbons (Fsp3) is 0.706. The molecule has 0 unspecified atom stereocenters. The van der Waals surface area contributed by atoms with E-state index in [0.717, 1.165) is 39.0 Å². The van der Waals surface area contributed by atoms with E-state index >= 15 is 0 Å². The molecule has 1 atom stereocenters. The first kappa shape index (κ1) is 17.4. The van der Waals surface area contributed by atoms with Crippen LogP contribution < -0.4 is 5.32 Å². The lowest BCUT2D eigenvalue weighted by atomic mass is 9.99. The highest BCUT2D eigenvalue weighted by Gasteiger charge is 2.26. The molecular formula is C17H26N4O2S. The Labute approximate surface area is 147 Å². The SMILES string of the molecule is O=C(CCN1CCCC[C@H]1CCN1CCCC1=O)Nc1nccs1. The van der Waals surface area contributed by atoms with E-state index in [1.54, 1.807) is 6.20 Å². The van der Waals surface area contributed by atoms with Crippen molar-refractivity contribution in [2.24, 2.45) is 0 Å². The van der Waals surface area contributed by atoms with Gasteiger partial charge < -0.3 is 10.2 Å². The van der Waals surface area contributed by atoms with Crippen LogP contribution in [0, 0.1) is 0 Å². The highest BCUT2D eigenvalue weighted by atomic mass is 32.1. The number of anilines is 1. The molecule has 2 saturated heterocycles. The van der Waals surface area contributed by atoms with E-state index in [9.17, 15) is 9.59 Å². The molecule has 0 aromatic carbocycles. The highest BCUT2D eigenvalue weighted by molar-refractivity contribution is 7.13. The third kappa shape index (κ3) is 4.77. The molecule has 3 rings (SSSR count). The zero-order chi connectivity index (χ0) is 16.8. The monoisotopic (exact) mass is 350 g/mol. The van der Waals surface area contributed by atoms with Crippen molar-refractivity contribution < 1.29 is 9.59 Å². The molecule has 0 saturated carbocycles. The van der Waals surface area contributed by atoms with Gasteiger partial charge in [-0.2, -0.15) is 0 Å². The first-order valence-corrected chi connectivity index (χ1v) is 9.81. The molecule has 2 amide bonds. The van der Waals surface area contributed by atoms with Crippen LogP contribution >= 0.6 is 11.3 Å². The van der Waals surface area contributed by atoms with Gasteiger partial charge in [-0.1, -0.05) is 6.42 Å². The van der Waals surface area contributed by atoms with E-state index in [4.69, 9.17) is 0 Å². The van der Waals surface area contributed by atoms with Crippen molar-refractivity contribution in [1.82, 2.24) is 14.8 Å². The molecular weight excluding hydrogens is 324 g/mol. The third-order valence-electron chi connectivity index (χ3n) is 4.96. The number of piperidine rings is 1. The normalized spacial score (nSPS) is 22.1. The van der Waals surface area contributed by atoms with Crippen molar-refractivity contribution in [3.8, 4) is 0 Å². The van der Waals surface area contributed by atoms with Crippen LogP contribution in [0.15, 0.2) is 11.6 Å². The van der Waals surface area contributed by atoms with Crippen molar-refractivity contribution in [2.75, 3.05) is 31.5 Å². The van der Waals surface area contributed by atoms with Gasteiger partial charge in [-0.25, -0.2) is 4.98 Å². The first-order valence-electron chi connectivity index (χ1n) is 8.93. The second-order valence-electron chi connectivity index (χ2n) is 6.59. The molecule has 6 nitrogen and oxygen atoms in total. The van der Waals surface area contributed by atoms with Gasteiger partial charge in [0.1, 0.15) is 0 Å². The Morgan fingerprint density at radius 3 is 2.96 bits per heavy atom. The molecule has 24 heavy (non-hydrogen) atoms. The lowest BCUT2D eigenvalue weighted by Crippen LogP contribution is -2.43. The van der Waals surface area contributed by atoms with Crippen LogP contribution in [0.5, 0.6) is 0 Å². The quantitative estimate of drug-likeness (QED) is 0.820. The maximum Gasteiger partial charge on any atom is 0.227 e. The molecule has 132 valence electrons. The Morgan fingerprint density at radius 1 is 1.29 bits per heavy atom. The van der Waals surface area contributed by atoms with Crippen LogP contribution in [-0.2, 0) is 9.59 Å². The maximum atomic E-state index is 12.0. The van der Waals surface area contributed by atoms with E-state index < -0.39 is 0 Å². The van der Waals surface area contributed by atoms with Crippen LogP contribution in [0.4, 0.5) is 5.13 Å². The number of carbonyl (C=O) groups excluding carboxylic acids is 2. The number of likely N-dealkylation sites (tertiary alicyclic amines) is 2. The standard InChI is InChI=1S/C17H26N4O2S/c22-15(19-17-18-8-13-24-17)7-12-20-9-2-1-4-14(20)6-11-21-10-3-5-16(21)23/h8,13-14H,1-7,9-12H2,(H,18,19,22)/t14-/m0/s1. The molecule has 2 aliphatic heterocycles. The summed E-state index contributed by atoms with van der Waals surface area (Å²) < 4.78 is 0. The van der Waals surface area contributed by atoms with Gasteiger partial charge in [0.05, 0.1) is 0 Å². The van der Waals surface area contributed by atoms with Crippen LogP contribution in [0.1, 0.15) is 44.9 Å². The zero-order valence-corrected chi connectivity index (χ0v) is 14.9. The fourth-order valence-corrected chi connectivity index (χ4v) is 4.18. The predicted octanol–water partition coefficient (Wildman–Crippen LogP) is 2.34. The minimum Gasteiger partial charge on any atom is -0.343 e. The third-order valence-corrected chi connectivity index (χ3v) is 5.65. The lowest BCUT2D eigenvalue weighted by molar-refractivity contribution is -0.127. The number of thiazole rings is 1. The first-order chi connectivity index (χ1) is 11.7. The van der Waals surface area contributed by atoms with E-state index in [0.29, 0.717) is 29.9 Å². The van der Waals surface area contributed by atoms with Crippen LogP contribution in [0.25, 0.3) is 0 Å². The number of amides is 2. The van der Waals surface area contributed by atoms with Crippen LogP contribution in [0.3, 0.4) is 0 Å². The van der Waals surface area contributed by atoms with Gasteiger partial charge in [-0.3, -0.25) is 14.5 Å². The molecule has 3 heterocycles. The van der Waals surface area contributed by atoms with Gasteiger partial charge in [0.2, 0.25) is 11.8 Å². The molecule has 0 aliphatic carbocycles. The summed E-state index contributed by atoms with van der Waals surface area (Å²) in [5.41, 5.74) is 0. The Hall–Kier alpha value is -1.47. The minimum atomic E-state index is 0.0315. The largest absolute Gasteiger partial charge is 0.343 e. The summed E-state index contributed by atoms with van der Waals surface area (Å²) in [5, 5.41) is 5.37. The average Bonchev–Trinajstić information content (AvgIpc) is 3.23. The summed E-state index contributed by atoms with van der Waals surface area (Å²) >= 11 is 1.44. The molecule has 1 N–H and O–H groups in total. The number of hydrogen-bond acceptors (Lipinski definition) is 5. The molecule has 2 aliphatic rings. The van der Waals surface area contributed by atoms with E-state index in [1.165, 1.54) is 30.6 Å². The zero-order valence-electron chi connectivity index (χ0n) is 14.1. The van der Waals surface area contributed by atoms with Crippen molar-refractivity contribution in [2.45, 2.75) is 51.0 Å². The van der Waals surface area contributed by atoms with Crippen molar-refractivity contribution in [3.05, 3.63) is 11.6 Å². The van der Waals surface area contributed by atoms with Crippen LogP contribution in [-0.4, -0.2) is 58.8 Å². The van der Waals surface area contributed by atoms with Crippen LogP contribution in [0.2, 0.25) is 0 Å². The molecule has 1 aromatic heterocycles. The molecule has 0 radical (unpaired) electrons. The number of carbonyl (C=O) groups is 2. The Kier molecular flexibility index (Phi) is 6.20. The second kappa shape index (κ2) is 8.58. The number of nitrogens with zero attached hydrogens (tertiary/aromatic N) is 3. The van der Waals surface area contributed by atoms with Gasteiger partial charge >= 0.3 is 0 Å². The summed E-state index contributed by atoms with van der Waals surface area (Å²) in [6.07, 6.45) is 8.57. The topological polar surface area (TPSA) is 65.5 Å².